The second-order valence-corrected chi connectivity index (χ2v) is 7.28. The average Bonchev–Trinajstić information content (AvgIpc) is 2.13. The molecule has 0 atom stereocenters. The highest BCUT2D eigenvalue weighted by Gasteiger charge is 2.19. The molecule has 1 rings (SSSR count). The molecule has 0 heterocycles. The number of nitrogens with two attached hydrogens (primary N) is 1. The summed E-state index contributed by atoms with van der Waals surface area (Å²) < 4.78 is 23.0. The van der Waals surface area contributed by atoms with Gasteiger partial charge in [-0.2, -0.15) is 0 Å². The normalized spacial score (nSPS) is 12.3. The minimum absolute atomic E-state index is 0.107. The van der Waals surface area contributed by atoms with Crippen molar-refractivity contribution in [1.82, 2.24) is 5.32 Å². The summed E-state index contributed by atoms with van der Waals surface area (Å²) in [5.74, 6) is -0.347. The van der Waals surface area contributed by atoms with Crippen molar-refractivity contribution in [2.75, 3.05) is 0 Å². The Labute approximate surface area is 115 Å². The van der Waals surface area contributed by atoms with E-state index in [1.165, 1.54) is 18.2 Å². The van der Waals surface area contributed by atoms with Crippen molar-refractivity contribution >= 4 is 31.9 Å². The number of rotatable bonds is 2. The van der Waals surface area contributed by atoms with Gasteiger partial charge in [0.15, 0.2) is 0 Å². The molecule has 5 nitrogen and oxygen atoms in total. The lowest BCUT2D eigenvalue weighted by Crippen LogP contribution is -2.40. The number of nitrogens with one attached hydrogen (secondary N) is 1. The topological polar surface area (TPSA) is 89.3 Å². The lowest BCUT2D eigenvalue weighted by Gasteiger charge is -2.20. The van der Waals surface area contributed by atoms with E-state index < -0.39 is 15.6 Å². The van der Waals surface area contributed by atoms with Gasteiger partial charge in [0.1, 0.15) is 0 Å². The zero-order valence-corrected chi connectivity index (χ0v) is 12.7. The molecule has 0 spiro atoms. The highest BCUT2D eigenvalue weighted by molar-refractivity contribution is 9.10. The van der Waals surface area contributed by atoms with Crippen molar-refractivity contribution < 1.29 is 13.2 Å². The molecule has 7 heteroatoms. The van der Waals surface area contributed by atoms with Crippen LogP contribution >= 0.6 is 15.9 Å². The van der Waals surface area contributed by atoms with Gasteiger partial charge in [0.2, 0.25) is 10.0 Å². The van der Waals surface area contributed by atoms with Crippen molar-refractivity contribution in [3.63, 3.8) is 0 Å². The van der Waals surface area contributed by atoms with E-state index in [-0.39, 0.29) is 16.4 Å². The molecule has 0 aliphatic carbocycles. The number of hydrogen-bond donors (Lipinski definition) is 2. The molecule has 100 valence electrons. The number of sulfonamides is 1. The molecule has 0 saturated carbocycles. The number of benzene rings is 1. The van der Waals surface area contributed by atoms with Crippen molar-refractivity contribution in [3.8, 4) is 0 Å². The van der Waals surface area contributed by atoms with Crippen LogP contribution in [0.3, 0.4) is 0 Å². The molecule has 0 aliphatic rings. The van der Waals surface area contributed by atoms with E-state index in [9.17, 15) is 13.2 Å². The summed E-state index contributed by atoms with van der Waals surface area (Å²) in [5, 5.41) is 7.81. The Morgan fingerprint density at radius 2 is 1.89 bits per heavy atom. The van der Waals surface area contributed by atoms with Gasteiger partial charge in [-0.25, -0.2) is 13.6 Å². The zero-order valence-electron chi connectivity index (χ0n) is 10.3. The maximum Gasteiger partial charge on any atom is 0.251 e. The van der Waals surface area contributed by atoms with Gasteiger partial charge in [-0.3, -0.25) is 4.79 Å². The maximum absolute atomic E-state index is 11.9. The molecule has 0 radical (unpaired) electrons. The van der Waals surface area contributed by atoms with E-state index in [0.29, 0.717) is 4.47 Å². The Morgan fingerprint density at radius 3 is 2.33 bits per heavy atom. The summed E-state index contributed by atoms with van der Waals surface area (Å²) in [7, 11) is -3.86. The van der Waals surface area contributed by atoms with Gasteiger partial charge in [-0.1, -0.05) is 0 Å². The summed E-state index contributed by atoms with van der Waals surface area (Å²) >= 11 is 3.09. The standard InChI is InChI=1S/C11H15BrN2O3S/c1-11(2,3)14-10(15)7-4-5-8(12)9(6-7)18(13,16)17/h4-6H,1-3H3,(H,14,15)(H2,13,16,17). The smallest absolute Gasteiger partial charge is 0.251 e. The Bertz CT molecular complexity index is 576. The quantitative estimate of drug-likeness (QED) is 0.861. The molecular formula is C11H15BrN2O3S. The number of carbonyl (C=O) groups excluding carboxylic acids is 1. The van der Waals surface area contributed by atoms with E-state index in [1.807, 2.05) is 20.8 Å². The van der Waals surface area contributed by atoms with E-state index in [0.717, 1.165) is 0 Å². The summed E-state index contributed by atoms with van der Waals surface area (Å²) in [6.45, 7) is 5.51. The second kappa shape index (κ2) is 4.99. The van der Waals surface area contributed by atoms with Crippen LogP contribution in [0.1, 0.15) is 31.1 Å². The van der Waals surface area contributed by atoms with Crippen LogP contribution in [-0.2, 0) is 10.0 Å². The zero-order chi connectivity index (χ0) is 14.1. The third kappa shape index (κ3) is 4.08. The number of halogens is 1. The highest BCUT2D eigenvalue weighted by atomic mass is 79.9. The summed E-state index contributed by atoms with van der Waals surface area (Å²) in [6, 6.07) is 4.26. The molecule has 0 unspecified atom stereocenters. The Balaban J connectivity index is 3.18. The van der Waals surface area contributed by atoms with Crippen LogP contribution in [0.2, 0.25) is 0 Å². The first-order valence-corrected chi connectivity index (χ1v) is 7.49. The van der Waals surface area contributed by atoms with Crippen LogP contribution in [-0.4, -0.2) is 19.9 Å². The summed E-state index contributed by atoms with van der Waals surface area (Å²) in [4.78, 5) is 11.8. The summed E-state index contributed by atoms with van der Waals surface area (Å²) in [5.41, 5.74) is -0.150. The Hall–Kier alpha value is -0.920. The van der Waals surface area contributed by atoms with Crippen LogP contribution in [0.5, 0.6) is 0 Å². The van der Waals surface area contributed by atoms with Crippen LogP contribution in [0, 0.1) is 0 Å². The van der Waals surface area contributed by atoms with Crippen molar-refractivity contribution in [2.45, 2.75) is 31.2 Å². The Morgan fingerprint density at radius 1 is 1.33 bits per heavy atom. The predicted molar refractivity (Wildman–Crippen MR) is 72.7 cm³/mol. The fraction of sp³-hybridized carbons (Fsp3) is 0.364. The van der Waals surface area contributed by atoms with Crippen LogP contribution < -0.4 is 10.5 Å². The highest BCUT2D eigenvalue weighted by Crippen LogP contribution is 2.22. The fourth-order valence-corrected chi connectivity index (χ4v) is 2.83. The van der Waals surface area contributed by atoms with Gasteiger partial charge in [0, 0.05) is 15.6 Å². The monoisotopic (exact) mass is 334 g/mol. The van der Waals surface area contributed by atoms with Crippen LogP contribution in [0.25, 0.3) is 0 Å². The van der Waals surface area contributed by atoms with Crippen LogP contribution in [0.15, 0.2) is 27.6 Å². The molecule has 3 N–H and O–H groups in total. The minimum Gasteiger partial charge on any atom is -0.347 e. The molecule has 1 aromatic rings. The molecule has 1 amide bonds. The number of primary sulfonamides is 1. The Kier molecular flexibility index (Phi) is 4.19. The van der Waals surface area contributed by atoms with E-state index in [1.54, 1.807) is 0 Å². The SMILES string of the molecule is CC(C)(C)NC(=O)c1ccc(Br)c(S(N)(=O)=O)c1. The number of amides is 1. The van der Waals surface area contributed by atoms with Crippen molar-refractivity contribution in [3.05, 3.63) is 28.2 Å². The lowest BCUT2D eigenvalue weighted by molar-refractivity contribution is 0.0919. The van der Waals surface area contributed by atoms with Gasteiger partial charge < -0.3 is 5.32 Å². The maximum atomic E-state index is 11.9. The molecule has 18 heavy (non-hydrogen) atoms. The van der Waals surface area contributed by atoms with E-state index >= 15 is 0 Å². The second-order valence-electron chi connectivity index (χ2n) is 4.89. The predicted octanol–water partition coefficient (Wildman–Crippen LogP) is 1.62. The molecule has 0 aromatic heterocycles. The third-order valence-corrected chi connectivity index (χ3v) is 3.89. The van der Waals surface area contributed by atoms with Gasteiger partial charge in [-0.15, -0.1) is 0 Å². The minimum atomic E-state index is -3.86. The first-order valence-electron chi connectivity index (χ1n) is 5.15. The van der Waals surface area contributed by atoms with Crippen molar-refractivity contribution in [1.29, 1.82) is 0 Å². The number of carbonyl (C=O) groups is 1. The van der Waals surface area contributed by atoms with E-state index in [2.05, 4.69) is 21.2 Å². The van der Waals surface area contributed by atoms with Gasteiger partial charge in [0.25, 0.3) is 5.91 Å². The lowest BCUT2D eigenvalue weighted by atomic mass is 10.1. The van der Waals surface area contributed by atoms with Gasteiger partial charge >= 0.3 is 0 Å². The van der Waals surface area contributed by atoms with Crippen LogP contribution in [0.4, 0.5) is 0 Å². The first-order chi connectivity index (χ1) is 8.00. The molecule has 0 aliphatic heterocycles. The van der Waals surface area contributed by atoms with Gasteiger partial charge in [0.05, 0.1) is 4.90 Å². The first kappa shape index (κ1) is 15.1. The molecule has 1 aromatic carbocycles. The largest absolute Gasteiger partial charge is 0.347 e. The molecule has 0 bridgehead atoms. The van der Waals surface area contributed by atoms with Gasteiger partial charge in [-0.05, 0) is 54.9 Å². The van der Waals surface area contributed by atoms with E-state index in [4.69, 9.17) is 5.14 Å². The average molecular weight is 335 g/mol. The molecule has 0 saturated heterocycles. The molecular weight excluding hydrogens is 320 g/mol. The number of hydrogen-bond acceptors (Lipinski definition) is 3. The third-order valence-electron chi connectivity index (χ3n) is 1.99. The van der Waals surface area contributed by atoms with Crippen molar-refractivity contribution in [2.24, 2.45) is 5.14 Å². The molecule has 0 fully saturated rings. The fourth-order valence-electron chi connectivity index (χ4n) is 1.28. The summed E-state index contributed by atoms with van der Waals surface area (Å²) in [6.07, 6.45) is 0.